The third-order valence-electron chi connectivity index (χ3n) is 7.95. The van der Waals surface area contributed by atoms with E-state index in [0.29, 0.717) is 12.1 Å². The van der Waals surface area contributed by atoms with Crippen molar-refractivity contribution in [3.8, 4) is 0 Å². The molecule has 0 bridgehead atoms. The predicted octanol–water partition coefficient (Wildman–Crippen LogP) is 4.42. The summed E-state index contributed by atoms with van der Waals surface area (Å²) in [5, 5.41) is 16.5. The fourth-order valence-electron chi connectivity index (χ4n) is 5.34. The van der Waals surface area contributed by atoms with Crippen molar-refractivity contribution >= 4 is 29.1 Å². The predicted molar refractivity (Wildman–Crippen MR) is 152 cm³/mol. The van der Waals surface area contributed by atoms with Gasteiger partial charge < -0.3 is 26.0 Å². The van der Waals surface area contributed by atoms with Gasteiger partial charge in [-0.3, -0.25) is 14.3 Å². The lowest BCUT2D eigenvalue weighted by Gasteiger charge is -2.29. The summed E-state index contributed by atoms with van der Waals surface area (Å²) < 4.78 is 15.9. The van der Waals surface area contributed by atoms with E-state index in [1.807, 2.05) is 32.2 Å². The Bertz CT molecular complexity index is 1390. The van der Waals surface area contributed by atoms with E-state index < -0.39 is 11.8 Å². The smallest absolute Gasteiger partial charge is 0.306 e. The fraction of sp³-hybridized carbons (Fsp3) is 0.433. The molecule has 2 fully saturated rings. The van der Waals surface area contributed by atoms with E-state index in [1.54, 1.807) is 27.9 Å². The molecule has 0 spiro atoms. The minimum atomic E-state index is -0.605. The van der Waals surface area contributed by atoms with Crippen molar-refractivity contribution in [1.82, 2.24) is 14.7 Å². The van der Waals surface area contributed by atoms with Crippen LogP contribution in [-0.4, -0.2) is 51.3 Å². The molecule has 3 heterocycles. The number of carbonyl (C=O) groups is 2. The van der Waals surface area contributed by atoms with Gasteiger partial charge in [0.25, 0.3) is 5.91 Å². The number of aryl methyl sites for hydroxylation is 2. The number of nitrogens with one attached hydrogen (secondary N) is 1. The van der Waals surface area contributed by atoms with Crippen LogP contribution in [-0.2, 0) is 24.9 Å². The molecular formula is C30H37FN6O3. The van der Waals surface area contributed by atoms with Crippen molar-refractivity contribution in [3.05, 3.63) is 70.7 Å². The highest BCUT2D eigenvalue weighted by atomic mass is 19.1. The van der Waals surface area contributed by atoms with Crippen LogP contribution in [0.1, 0.15) is 52.7 Å². The number of fused-ring (bicyclic) bond motifs is 2. The number of likely N-dealkylation sites (tertiary alicyclic amines) is 1. The van der Waals surface area contributed by atoms with Crippen LogP contribution in [0.4, 0.5) is 21.6 Å². The first-order valence-electron chi connectivity index (χ1n) is 13.9. The van der Waals surface area contributed by atoms with E-state index in [0.717, 1.165) is 60.2 Å². The second-order valence-electron chi connectivity index (χ2n) is 11.0. The van der Waals surface area contributed by atoms with Crippen LogP contribution < -0.4 is 16.0 Å². The molecule has 3 aromatic rings. The molecular weight excluding hydrogens is 511 g/mol. The lowest BCUT2D eigenvalue weighted by atomic mass is 9.97. The molecule has 1 aromatic heterocycles. The van der Waals surface area contributed by atoms with Gasteiger partial charge in [0, 0.05) is 36.8 Å². The van der Waals surface area contributed by atoms with Gasteiger partial charge >= 0.3 is 5.97 Å². The summed E-state index contributed by atoms with van der Waals surface area (Å²) in [5.41, 5.74) is 9.69. The van der Waals surface area contributed by atoms with E-state index in [2.05, 4.69) is 15.3 Å². The van der Waals surface area contributed by atoms with Crippen LogP contribution >= 0.6 is 0 Å². The molecule has 3 aliphatic rings. The van der Waals surface area contributed by atoms with Gasteiger partial charge in [0.1, 0.15) is 11.6 Å². The highest BCUT2D eigenvalue weighted by Crippen LogP contribution is 2.37. The summed E-state index contributed by atoms with van der Waals surface area (Å²) in [6.07, 6.45) is 6.21. The Hall–Kier alpha value is -3.76. The Balaban J connectivity index is 0.000000207. The summed E-state index contributed by atoms with van der Waals surface area (Å²) in [5.74, 6) is 0.341. The molecule has 10 heteroatoms. The van der Waals surface area contributed by atoms with E-state index >= 15 is 0 Å². The minimum absolute atomic E-state index is 0.0737. The number of aromatic nitrogens is 2. The fourth-order valence-corrected chi connectivity index (χ4v) is 5.34. The van der Waals surface area contributed by atoms with Gasteiger partial charge in [0.15, 0.2) is 0 Å². The second-order valence-corrected chi connectivity index (χ2v) is 11.0. The van der Waals surface area contributed by atoms with Crippen LogP contribution in [0.15, 0.2) is 42.6 Å². The molecule has 1 aliphatic carbocycles. The first-order chi connectivity index (χ1) is 19.2. The normalized spacial score (nSPS) is 17.1. The molecule has 2 aromatic carbocycles. The zero-order chi connectivity index (χ0) is 28.4. The Morgan fingerprint density at radius 3 is 2.52 bits per heavy atom. The number of aliphatic carboxylic acids is 1. The zero-order valence-corrected chi connectivity index (χ0v) is 23.1. The third-order valence-corrected chi connectivity index (χ3v) is 7.95. The number of nitrogens with two attached hydrogens (primary N) is 1. The van der Waals surface area contributed by atoms with E-state index in [9.17, 15) is 14.0 Å². The number of amides is 1. The van der Waals surface area contributed by atoms with Gasteiger partial charge in [-0.15, -0.1) is 0 Å². The number of hydrogen-bond donors (Lipinski definition) is 3. The van der Waals surface area contributed by atoms with Gasteiger partial charge in [-0.25, -0.2) is 4.39 Å². The number of rotatable bonds is 5. The average molecular weight is 549 g/mol. The van der Waals surface area contributed by atoms with Gasteiger partial charge in [-0.05, 0) is 81.4 Å². The van der Waals surface area contributed by atoms with Gasteiger partial charge in [-0.2, -0.15) is 5.10 Å². The quantitative estimate of drug-likeness (QED) is 0.432. The maximum Gasteiger partial charge on any atom is 0.306 e. The molecule has 6 rings (SSSR count). The van der Waals surface area contributed by atoms with Crippen LogP contribution in [0.3, 0.4) is 0 Å². The average Bonchev–Trinajstić information content (AvgIpc) is 3.72. The number of carbonyl (C=O) groups excluding carboxylic acids is 1. The third kappa shape index (κ3) is 6.18. The van der Waals surface area contributed by atoms with Crippen molar-refractivity contribution in [3.63, 3.8) is 0 Å². The SMILES string of the molecule is Cc1ccc2c(c1)Nc1c(cnn1C)CN2C(=O)c1ccc(CN)c(F)c1.O=C(O)C1CCN(CC2CC2)CC1. The maximum absolute atomic E-state index is 14.2. The number of carboxylic acid groups (broad SMARTS) is 1. The van der Waals surface area contributed by atoms with Crippen molar-refractivity contribution in [2.24, 2.45) is 24.6 Å². The maximum atomic E-state index is 14.2. The number of anilines is 3. The molecule has 0 atom stereocenters. The zero-order valence-electron chi connectivity index (χ0n) is 23.1. The minimum Gasteiger partial charge on any atom is -0.481 e. The molecule has 4 N–H and O–H groups in total. The molecule has 1 saturated carbocycles. The van der Waals surface area contributed by atoms with Gasteiger partial charge in [0.2, 0.25) is 0 Å². The lowest BCUT2D eigenvalue weighted by molar-refractivity contribution is -0.143. The Morgan fingerprint density at radius 2 is 1.88 bits per heavy atom. The molecule has 0 unspecified atom stereocenters. The number of piperidine rings is 1. The van der Waals surface area contributed by atoms with Crippen LogP contribution in [0.5, 0.6) is 0 Å². The number of halogens is 1. The van der Waals surface area contributed by atoms with Crippen LogP contribution in [0, 0.1) is 24.6 Å². The highest BCUT2D eigenvalue weighted by Gasteiger charge is 2.29. The van der Waals surface area contributed by atoms with Crippen molar-refractivity contribution in [2.45, 2.75) is 45.7 Å². The molecule has 9 nitrogen and oxygen atoms in total. The molecule has 212 valence electrons. The monoisotopic (exact) mass is 548 g/mol. The highest BCUT2D eigenvalue weighted by molar-refractivity contribution is 6.08. The Morgan fingerprint density at radius 1 is 1.12 bits per heavy atom. The molecule has 0 radical (unpaired) electrons. The summed E-state index contributed by atoms with van der Waals surface area (Å²) in [6.45, 7) is 5.62. The van der Waals surface area contributed by atoms with Crippen molar-refractivity contribution in [1.29, 1.82) is 0 Å². The van der Waals surface area contributed by atoms with E-state index in [-0.39, 0.29) is 23.9 Å². The Kier molecular flexibility index (Phi) is 8.18. The van der Waals surface area contributed by atoms with E-state index in [4.69, 9.17) is 10.8 Å². The number of nitrogens with zero attached hydrogens (tertiary/aromatic N) is 4. The van der Waals surface area contributed by atoms with Gasteiger partial charge in [0.05, 0.1) is 30.0 Å². The summed E-state index contributed by atoms with van der Waals surface area (Å²) in [4.78, 5) is 28.0. The summed E-state index contributed by atoms with van der Waals surface area (Å²) >= 11 is 0. The topological polar surface area (TPSA) is 117 Å². The van der Waals surface area contributed by atoms with Crippen LogP contribution in [0.25, 0.3) is 0 Å². The summed E-state index contributed by atoms with van der Waals surface area (Å²) in [6, 6.07) is 10.3. The molecule has 40 heavy (non-hydrogen) atoms. The standard InChI is InChI=1S/C20H20FN5O.C10H17NO2/c1-12-3-6-18-17(7-12)24-19-15(10-23-25(19)2)11-26(18)20(27)13-4-5-14(9-22)16(21)8-13;12-10(13)9-3-5-11(6-4-9)7-8-1-2-8/h3-8,10,24H,9,11,22H2,1-2H3;8-9H,1-7H2,(H,12,13). The Labute approximate surface area is 233 Å². The lowest BCUT2D eigenvalue weighted by Crippen LogP contribution is -2.37. The molecule has 1 saturated heterocycles. The second kappa shape index (κ2) is 11.8. The van der Waals surface area contributed by atoms with Gasteiger partial charge in [-0.1, -0.05) is 12.1 Å². The van der Waals surface area contributed by atoms with Crippen molar-refractivity contribution in [2.75, 3.05) is 29.9 Å². The van der Waals surface area contributed by atoms with E-state index in [1.165, 1.54) is 25.5 Å². The first-order valence-corrected chi connectivity index (χ1v) is 13.9. The molecule has 1 amide bonds. The number of carboxylic acids is 1. The number of benzene rings is 2. The number of hydrogen-bond acceptors (Lipinski definition) is 6. The van der Waals surface area contributed by atoms with Crippen LogP contribution in [0.2, 0.25) is 0 Å². The van der Waals surface area contributed by atoms with Crippen molar-refractivity contribution < 1.29 is 19.1 Å². The molecule has 2 aliphatic heterocycles. The largest absolute Gasteiger partial charge is 0.481 e. The first kappa shape index (κ1) is 27.8. The summed E-state index contributed by atoms with van der Waals surface area (Å²) in [7, 11) is 1.85.